The van der Waals surface area contributed by atoms with Crippen molar-refractivity contribution in [3.8, 4) is 17.3 Å². The molecule has 1 unspecified atom stereocenters. The summed E-state index contributed by atoms with van der Waals surface area (Å²) in [6.07, 6.45) is 2.54. The van der Waals surface area contributed by atoms with E-state index in [1.54, 1.807) is 4.68 Å². The fourth-order valence-corrected chi connectivity index (χ4v) is 2.20. The van der Waals surface area contributed by atoms with Crippen LogP contribution in [0.4, 0.5) is 0 Å². The first-order valence-corrected chi connectivity index (χ1v) is 7.35. The van der Waals surface area contributed by atoms with Gasteiger partial charge in [0.1, 0.15) is 0 Å². The zero-order chi connectivity index (χ0) is 15.5. The Bertz CT molecular complexity index is 767. The van der Waals surface area contributed by atoms with Gasteiger partial charge in [-0.3, -0.25) is 0 Å². The lowest BCUT2D eigenvalue weighted by Crippen LogP contribution is -2.24. The molecule has 114 valence electrons. The predicted octanol–water partition coefficient (Wildman–Crippen LogP) is 2.73. The Labute approximate surface area is 133 Å². The van der Waals surface area contributed by atoms with Crippen molar-refractivity contribution in [1.82, 2.24) is 25.2 Å². The molecule has 1 N–H and O–H groups in total. The Morgan fingerprint density at radius 3 is 3.00 bits per heavy atom. The van der Waals surface area contributed by atoms with Crippen molar-refractivity contribution in [3.05, 3.63) is 47.4 Å². The van der Waals surface area contributed by atoms with Crippen molar-refractivity contribution in [1.29, 1.82) is 0 Å². The second-order valence-corrected chi connectivity index (χ2v) is 5.47. The summed E-state index contributed by atoms with van der Waals surface area (Å²) in [5, 5.41) is 12.2. The molecule has 0 spiro atoms. The zero-order valence-corrected chi connectivity index (χ0v) is 13.1. The van der Waals surface area contributed by atoms with Gasteiger partial charge in [0.15, 0.2) is 11.5 Å². The average molecular weight is 318 g/mol. The van der Waals surface area contributed by atoms with Crippen LogP contribution in [-0.2, 0) is 6.42 Å². The highest BCUT2D eigenvalue weighted by Gasteiger charge is 2.13. The highest BCUT2D eigenvalue weighted by atomic mass is 35.5. The molecule has 0 saturated heterocycles. The number of nitrogens with one attached hydrogen (secondary N) is 1. The highest BCUT2D eigenvalue weighted by molar-refractivity contribution is 6.30. The molecule has 3 rings (SSSR count). The van der Waals surface area contributed by atoms with Crippen LogP contribution < -0.4 is 5.32 Å². The number of nitrogens with zero attached hydrogens (tertiary/aromatic N) is 4. The van der Waals surface area contributed by atoms with Crippen molar-refractivity contribution < 1.29 is 4.52 Å². The van der Waals surface area contributed by atoms with Crippen LogP contribution in [0.2, 0.25) is 5.02 Å². The lowest BCUT2D eigenvalue weighted by molar-refractivity contribution is 0.417. The Morgan fingerprint density at radius 1 is 1.36 bits per heavy atom. The first kappa shape index (κ1) is 14.7. The summed E-state index contributed by atoms with van der Waals surface area (Å²) >= 11 is 6.00. The van der Waals surface area contributed by atoms with E-state index < -0.39 is 0 Å². The van der Waals surface area contributed by atoms with Crippen molar-refractivity contribution in [2.45, 2.75) is 19.4 Å². The van der Waals surface area contributed by atoms with Gasteiger partial charge in [-0.2, -0.15) is 10.1 Å². The molecule has 1 aromatic carbocycles. The number of likely N-dealkylation sites (N-methyl/N-ethyl adjacent to an activating group) is 1. The van der Waals surface area contributed by atoms with Crippen molar-refractivity contribution in [2.24, 2.45) is 0 Å². The fraction of sp³-hybridized carbons (Fsp3) is 0.267. The number of aromatic nitrogens is 4. The molecular weight excluding hydrogens is 302 g/mol. The average Bonchev–Trinajstić information content (AvgIpc) is 3.15. The third-order valence-corrected chi connectivity index (χ3v) is 3.57. The molecule has 7 heteroatoms. The van der Waals surface area contributed by atoms with Crippen LogP contribution in [0.1, 0.15) is 12.7 Å². The molecule has 6 nitrogen and oxygen atoms in total. The molecule has 2 aromatic heterocycles. The Hall–Kier alpha value is -2.18. The van der Waals surface area contributed by atoms with Crippen LogP contribution in [0, 0.1) is 0 Å². The third kappa shape index (κ3) is 3.18. The molecule has 0 saturated carbocycles. The molecule has 0 aliphatic carbocycles. The van der Waals surface area contributed by atoms with Crippen molar-refractivity contribution >= 4 is 11.6 Å². The van der Waals surface area contributed by atoms with E-state index in [1.165, 1.54) is 0 Å². The van der Waals surface area contributed by atoms with Crippen LogP contribution >= 0.6 is 11.6 Å². The Morgan fingerprint density at radius 2 is 2.23 bits per heavy atom. The minimum Gasteiger partial charge on any atom is -0.332 e. The summed E-state index contributed by atoms with van der Waals surface area (Å²) in [6.45, 7) is 2.06. The number of halogens is 1. The van der Waals surface area contributed by atoms with Crippen LogP contribution in [-0.4, -0.2) is 33.0 Å². The van der Waals surface area contributed by atoms with E-state index in [9.17, 15) is 0 Å². The van der Waals surface area contributed by atoms with Gasteiger partial charge in [-0.15, -0.1) is 0 Å². The normalized spacial score (nSPS) is 12.5. The summed E-state index contributed by atoms with van der Waals surface area (Å²) in [6, 6.07) is 9.59. The first-order chi connectivity index (χ1) is 10.7. The van der Waals surface area contributed by atoms with E-state index in [2.05, 4.69) is 27.5 Å². The number of hydrogen-bond acceptors (Lipinski definition) is 5. The van der Waals surface area contributed by atoms with Gasteiger partial charge in [-0.05, 0) is 38.2 Å². The lowest BCUT2D eigenvalue weighted by Gasteiger charge is -2.04. The molecule has 0 fully saturated rings. The maximum atomic E-state index is 6.00. The van der Waals surface area contributed by atoms with Gasteiger partial charge in [0.25, 0.3) is 5.89 Å². The number of rotatable bonds is 5. The van der Waals surface area contributed by atoms with Gasteiger partial charge in [0.05, 0.1) is 5.69 Å². The molecule has 0 aliphatic rings. The molecule has 0 amide bonds. The Balaban J connectivity index is 1.82. The highest BCUT2D eigenvalue weighted by Crippen LogP contribution is 2.19. The fourth-order valence-electron chi connectivity index (χ4n) is 2.02. The zero-order valence-electron chi connectivity index (χ0n) is 12.3. The maximum absolute atomic E-state index is 6.00. The monoisotopic (exact) mass is 317 g/mol. The number of benzene rings is 1. The van der Waals surface area contributed by atoms with Crippen LogP contribution in [0.3, 0.4) is 0 Å². The van der Waals surface area contributed by atoms with E-state index in [0.29, 0.717) is 28.9 Å². The standard InChI is InChI=1S/C15H16ClN5O/c1-10(17-2)8-14-18-15(22-20-14)13-6-7-21(19-13)12-5-3-4-11(16)9-12/h3-7,9-10,17H,8H2,1-2H3. The van der Waals surface area contributed by atoms with E-state index >= 15 is 0 Å². The summed E-state index contributed by atoms with van der Waals surface area (Å²) in [4.78, 5) is 4.37. The topological polar surface area (TPSA) is 68.8 Å². The van der Waals surface area contributed by atoms with E-state index in [1.807, 2.05) is 43.6 Å². The predicted molar refractivity (Wildman–Crippen MR) is 84.1 cm³/mol. The Kier molecular flexibility index (Phi) is 4.22. The summed E-state index contributed by atoms with van der Waals surface area (Å²) in [5.41, 5.74) is 1.51. The van der Waals surface area contributed by atoms with Crippen molar-refractivity contribution in [2.75, 3.05) is 7.05 Å². The molecule has 0 radical (unpaired) electrons. The smallest absolute Gasteiger partial charge is 0.278 e. The first-order valence-electron chi connectivity index (χ1n) is 6.97. The van der Waals surface area contributed by atoms with Gasteiger partial charge in [-0.25, -0.2) is 4.68 Å². The van der Waals surface area contributed by atoms with Crippen LogP contribution in [0.25, 0.3) is 17.3 Å². The van der Waals surface area contributed by atoms with E-state index in [-0.39, 0.29) is 6.04 Å². The van der Waals surface area contributed by atoms with Crippen molar-refractivity contribution in [3.63, 3.8) is 0 Å². The minimum absolute atomic E-state index is 0.287. The minimum atomic E-state index is 0.287. The van der Waals surface area contributed by atoms with E-state index in [0.717, 1.165) is 5.69 Å². The molecule has 1 atom stereocenters. The van der Waals surface area contributed by atoms with Gasteiger partial charge in [-0.1, -0.05) is 22.8 Å². The number of hydrogen-bond donors (Lipinski definition) is 1. The lowest BCUT2D eigenvalue weighted by atomic mass is 10.2. The SMILES string of the molecule is CNC(C)Cc1noc(-c2ccn(-c3cccc(Cl)c3)n2)n1. The molecule has 3 aromatic rings. The maximum Gasteiger partial charge on any atom is 0.278 e. The van der Waals surface area contributed by atoms with Gasteiger partial charge in [0.2, 0.25) is 0 Å². The molecular formula is C15H16ClN5O. The summed E-state index contributed by atoms with van der Waals surface area (Å²) in [5.74, 6) is 1.08. The third-order valence-electron chi connectivity index (χ3n) is 3.33. The van der Waals surface area contributed by atoms with E-state index in [4.69, 9.17) is 16.1 Å². The second kappa shape index (κ2) is 6.29. The van der Waals surface area contributed by atoms with Gasteiger partial charge in [0, 0.05) is 23.7 Å². The van der Waals surface area contributed by atoms with Crippen LogP contribution in [0.5, 0.6) is 0 Å². The molecule has 0 aliphatic heterocycles. The largest absolute Gasteiger partial charge is 0.332 e. The second-order valence-electron chi connectivity index (χ2n) is 5.04. The quantitative estimate of drug-likeness (QED) is 0.783. The van der Waals surface area contributed by atoms with Gasteiger partial charge < -0.3 is 9.84 Å². The molecule has 2 heterocycles. The summed E-state index contributed by atoms with van der Waals surface area (Å²) in [7, 11) is 1.90. The summed E-state index contributed by atoms with van der Waals surface area (Å²) < 4.78 is 7.00. The molecule has 22 heavy (non-hydrogen) atoms. The van der Waals surface area contributed by atoms with Crippen LogP contribution in [0.15, 0.2) is 41.1 Å². The molecule has 0 bridgehead atoms. The van der Waals surface area contributed by atoms with Gasteiger partial charge >= 0.3 is 0 Å².